The molecular weight excluding hydrogens is 304 g/mol. The third-order valence-corrected chi connectivity index (χ3v) is 3.22. The summed E-state index contributed by atoms with van der Waals surface area (Å²) in [5, 5.41) is 2.69. The van der Waals surface area contributed by atoms with Gasteiger partial charge in [0.2, 0.25) is 0 Å². The van der Waals surface area contributed by atoms with E-state index in [0.717, 1.165) is 11.3 Å². The van der Waals surface area contributed by atoms with Crippen LogP contribution in [0.15, 0.2) is 48.5 Å². The first-order valence-corrected chi connectivity index (χ1v) is 7.05. The van der Waals surface area contributed by atoms with Crippen molar-refractivity contribution in [1.82, 2.24) is 5.32 Å². The minimum Gasteiger partial charge on any atom is -0.496 e. The van der Waals surface area contributed by atoms with Crippen LogP contribution in [0.1, 0.15) is 15.9 Å². The summed E-state index contributed by atoms with van der Waals surface area (Å²) >= 11 is 0. The van der Waals surface area contributed by atoms with Crippen LogP contribution in [0, 0.1) is 0 Å². The fraction of sp³-hybridized carbons (Fsp3) is 0.235. The molecule has 0 aliphatic carbocycles. The van der Waals surface area contributed by atoms with Crippen molar-refractivity contribution in [2.24, 2.45) is 0 Å². The zero-order valence-corrected chi connectivity index (χ0v) is 12.6. The zero-order valence-electron chi connectivity index (χ0n) is 12.6. The Balaban J connectivity index is 1.98. The van der Waals surface area contributed by atoms with Crippen molar-refractivity contribution in [3.63, 3.8) is 0 Å². The number of nitrogens with one attached hydrogen (secondary N) is 1. The van der Waals surface area contributed by atoms with Crippen molar-refractivity contribution in [2.45, 2.75) is 13.0 Å². The maximum atomic E-state index is 12.4. The molecular formula is C17H17F2NO3. The van der Waals surface area contributed by atoms with Gasteiger partial charge in [0.05, 0.1) is 12.7 Å². The molecule has 0 unspecified atom stereocenters. The second kappa shape index (κ2) is 8.12. The van der Waals surface area contributed by atoms with E-state index in [4.69, 9.17) is 4.74 Å². The molecule has 2 aromatic rings. The number of carbonyl (C=O) groups is 1. The largest absolute Gasteiger partial charge is 0.496 e. The normalized spacial score (nSPS) is 10.4. The lowest BCUT2D eigenvalue weighted by Crippen LogP contribution is -2.26. The lowest BCUT2D eigenvalue weighted by Gasteiger charge is -2.12. The van der Waals surface area contributed by atoms with Gasteiger partial charge in [0.25, 0.3) is 5.91 Å². The molecule has 2 rings (SSSR count). The highest BCUT2D eigenvalue weighted by Crippen LogP contribution is 2.20. The van der Waals surface area contributed by atoms with Crippen molar-refractivity contribution < 1.29 is 23.0 Å². The molecule has 0 aliphatic heterocycles. The molecule has 2 aromatic carbocycles. The third kappa shape index (κ3) is 4.67. The van der Waals surface area contributed by atoms with Crippen molar-refractivity contribution in [3.8, 4) is 11.5 Å². The summed E-state index contributed by atoms with van der Waals surface area (Å²) in [6.45, 7) is -2.63. The van der Waals surface area contributed by atoms with Gasteiger partial charge in [-0.15, -0.1) is 0 Å². The van der Waals surface area contributed by atoms with Crippen LogP contribution in [0.3, 0.4) is 0 Å². The van der Waals surface area contributed by atoms with Crippen molar-refractivity contribution in [2.75, 3.05) is 13.7 Å². The fourth-order valence-corrected chi connectivity index (χ4v) is 2.17. The molecule has 1 N–H and O–H groups in total. The van der Waals surface area contributed by atoms with Crippen LogP contribution < -0.4 is 14.8 Å². The van der Waals surface area contributed by atoms with Gasteiger partial charge in [-0.05, 0) is 30.2 Å². The topological polar surface area (TPSA) is 47.6 Å². The van der Waals surface area contributed by atoms with Gasteiger partial charge in [-0.3, -0.25) is 4.79 Å². The van der Waals surface area contributed by atoms with Gasteiger partial charge in [-0.2, -0.15) is 8.78 Å². The maximum Gasteiger partial charge on any atom is 0.387 e. The highest BCUT2D eigenvalue weighted by Gasteiger charge is 2.15. The summed E-state index contributed by atoms with van der Waals surface area (Å²) in [5.41, 5.74) is 1.03. The second-order valence-electron chi connectivity index (χ2n) is 4.69. The number of methoxy groups -OCH3 is 1. The predicted octanol–water partition coefficient (Wildman–Crippen LogP) is 3.27. The summed E-state index contributed by atoms with van der Waals surface area (Å²) in [6.07, 6.45) is 0.563. The standard InChI is InChI=1S/C17H17F2NO3/c1-22-14-8-4-2-6-12(14)10-11-20-16(21)13-7-3-5-9-15(13)23-17(18)19/h2-9,17H,10-11H2,1H3,(H,20,21). The first kappa shape index (κ1) is 16.7. The molecule has 0 saturated heterocycles. The van der Waals surface area contributed by atoms with Crippen molar-refractivity contribution in [3.05, 3.63) is 59.7 Å². The van der Waals surface area contributed by atoms with E-state index in [0.29, 0.717) is 13.0 Å². The fourth-order valence-electron chi connectivity index (χ4n) is 2.17. The SMILES string of the molecule is COc1ccccc1CCNC(=O)c1ccccc1OC(F)F. The number of rotatable bonds is 7. The minimum atomic E-state index is -2.97. The number of ether oxygens (including phenoxy) is 2. The van der Waals surface area contributed by atoms with E-state index in [2.05, 4.69) is 10.1 Å². The molecule has 0 bridgehead atoms. The number of benzene rings is 2. The molecule has 0 spiro atoms. The van der Waals surface area contributed by atoms with E-state index in [9.17, 15) is 13.6 Å². The monoisotopic (exact) mass is 321 g/mol. The molecule has 0 saturated carbocycles. The van der Waals surface area contributed by atoms with Crippen LogP contribution in [0.25, 0.3) is 0 Å². The van der Waals surface area contributed by atoms with Crippen LogP contribution in [-0.2, 0) is 6.42 Å². The summed E-state index contributed by atoms with van der Waals surface area (Å²) in [5.74, 6) is 0.136. The Morgan fingerprint density at radius 1 is 1.09 bits per heavy atom. The molecule has 23 heavy (non-hydrogen) atoms. The van der Waals surface area contributed by atoms with E-state index in [1.165, 1.54) is 18.2 Å². The molecule has 0 radical (unpaired) electrons. The zero-order chi connectivity index (χ0) is 16.7. The molecule has 0 aromatic heterocycles. The summed E-state index contributed by atoms with van der Waals surface area (Å²) in [4.78, 5) is 12.1. The van der Waals surface area contributed by atoms with Gasteiger partial charge in [0.1, 0.15) is 11.5 Å². The molecule has 6 heteroatoms. The summed E-state index contributed by atoms with van der Waals surface area (Å²) in [7, 11) is 1.58. The van der Waals surface area contributed by atoms with Crippen molar-refractivity contribution >= 4 is 5.91 Å². The highest BCUT2D eigenvalue weighted by atomic mass is 19.3. The average Bonchev–Trinajstić information content (AvgIpc) is 2.55. The number of hydrogen-bond donors (Lipinski definition) is 1. The van der Waals surface area contributed by atoms with E-state index in [-0.39, 0.29) is 11.3 Å². The number of alkyl halides is 2. The Bertz CT molecular complexity index is 662. The number of amides is 1. The van der Waals surface area contributed by atoms with Gasteiger partial charge < -0.3 is 14.8 Å². The summed E-state index contributed by atoms with van der Waals surface area (Å²) in [6, 6.07) is 13.4. The first-order valence-electron chi connectivity index (χ1n) is 7.05. The van der Waals surface area contributed by atoms with Gasteiger partial charge in [-0.1, -0.05) is 30.3 Å². The van der Waals surface area contributed by atoms with E-state index in [1.807, 2.05) is 24.3 Å². The van der Waals surface area contributed by atoms with Gasteiger partial charge >= 0.3 is 6.61 Å². The molecule has 4 nitrogen and oxygen atoms in total. The third-order valence-electron chi connectivity index (χ3n) is 3.22. The lowest BCUT2D eigenvalue weighted by atomic mass is 10.1. The molecule has 0 aliphatic rings. The molecule has 0 heterocycles. The first-order chi connectivity index (χ1) is 11.1. The Labute approximate surface area is 133 Å². The number of para-hydroxylation sites is 2. The maximum absolute atomic E-state index is 12.4. The van der Waals surface area contributed by atoms with Crippen LogP contribution >= 0.6 is 0 Å². The Morgan fingerprint density at radius 3 is 2.43 bits per heavy atom. The lowest BCUT2D eigenvalue weighted by molar-refractivity contribution is -0.0501. The van der Waals surface area contributed by atoms with Crippen LogP contribution in [0.4, 0.5) is 8.78 Å². The quantitative estimate of drug-likeness (QED) is 0.851. The smallest absolute Gasteiger partial charge is 0.387 e. The molecule has 1 amide bonds. The Kier molecular flexibility index (Phi) is 5.91. The van der Waals surface area contributed by atoms with E-state index < -0.39 is 12.5 Å². The number of hydrogen-bond acceptors (Lipinski definition) is 3. The number of carbonyl (C=O) groups excluding carboxylic acids is 1. The van der Waals surface area contributed by atoms with Gasteiger partial charge in [0.15, 0.2) is 0 Å². The Hall–Kier alpha value is -2.63. The van der Waals surface area contributed by atoms with E-state index >= 15 is 0 Å². The van der Waals surface area contributed by atoms with Gasteiger partial charge in [0, 0.05) is 6.54 Å². The van der Waals surface area contributed by atoms with Crippen molar-refractivity contribution in [1.29, 1.82) is 0 Å². The second-order valence-corrected chi connectivity index (χ2v) is 4.69. The number of halogens is 2. The van der Waals surface area contributed by atoms with Gasteiger partial charge in [-0.25, -0.2) is 0 Å². The Morgan fingerprint density at radius 2 is 1.74 bits per heavy atom. The predicted molar refractivity (Wildman–Crippen MR) is 82.1 cm³/mol. The molecule has 122 valence electrons. The van der Waals surface area contributed by atoms with E-state index in [1.54, 1.807) is 13.2 Å². The average molecular weight is 321 g/mol. The molecule has 0 fully saturated rings. The van der Waals surface area contributed by atoms with Crippen LogP contribution in [0.5, 0.6) is 11.5 Å². The highest BCUT2D eigenvalue weighted by molar-refractivity contribution is 5.96. The molecule has 0 atom stereocenters. The van der Waals surface area contributed by atoms with Crippen LogP contribution in [0.2, 0.25) is 0 Å². The van der Waals surface area contributed by atoms with Crippen LogP contribution in [-0.4, -0.2) is 26.2 Å². The minimum absolute atomic E-state index is 0.0767. The summed E-state index contributed by atoms with van der Waals surface area (Å²) < 4.78 is 34.3.